The molecule has 0 saturated heterocycles. The van der Waals surface area contributed by atoms with Crippen LogP contribution in [0.5, 0.6) is 11.5 Å². The van der Waals surface area contributed by atoms with Gasteiger partial charge in [0.15, 0.2) is 11.5 Å². The standard InChI is InChI=1S/C26H27N3O3/c1-18-27-22-17-20(11-12-23(22)29(18)21-8-6-5-7-9-21)26(30)28(2)15-14-19-10-13-24(31-3)25(16-19)32-4/h5-13,16-17H,14-15H2,1-4H3. The van der Waals surface area contributed by atoms with E-state index in [1.165, 1.54) is 0 Å². The SMILES string of the molecule is COc1ccc(CCN(C)C(=O)c2ccc3c(c2)nc(C)n3-c2ccccc2)cc1OC. The van der Waals surface area contributed by atoms with Crippen molar-refractivity contribution >= 4 is 16.9 Å². The first kappa shape index (κ1) is 21.4. The maximum atomic E-state index is 13.0. The lowest BCUT2D eigenvalue weighted by molar-refractivity contribution is 0.0796. The molecule has 0 fully saturated rings. The summed E-state index contributed by atoms with van der Waals surface area (Å²) < 4.78 is 12.8. The van der Waals surface area contributed by atoms with E-state index in [2.05, 4.69) is 21.7 Å². The van der Waals surface area contributed by atoms with Gasteiger partial charge in [-0.15, -0.1) is 0 Å². The predicted octanol–water partition coefficient (Wildman–Crippen LogP) is 4.67. The Morgan fingerprint density at radius 1 is 0.969 bits per heavy atom. The molecule has 0 aliphatic carbocycles. The predicted molar refractivity (Wildman–Crippen MR) is 126 cm³/mol. The van der Waals surface area contributed by atoms with Gasteiger partial charge in [0, 0.05) is 24.8 Å². The molecule has 0 unspecified atom stereocenters. The van der Waals surface area contributed by atoms with Gasteiger partial charge in [0.05, 0.1) is 25.3 Å². The normalized spacial score (nSPS) is 10.9. The van der Waals surface area contributed by atoms with Crippen LogP contribution in [-0.2, 0) is 6.42 Å². The highest BCUT2D eigenvalue weighted by atomic mass is 16.5. The molecular weight excluding hydrogens is 402 g/mol. The van der Waals surface area contributed by atoms with Crippen molar-refractivity contribution in [2.45, 2.75) is 13.3 Å². The van der Waals surface area contributed by atoms with Gasteiger partial charge >= 0.3 is 0 Å². The molecule has 0 bridgehead atoms. The van der Waals surface area contributed by atoms with E-state index < -0.39 is 0 Å². The second kappa shape index (κ2) is 9.14. The number of ether oxygens (including phenoxy) is 2. The number of hydrogen-bond acceptors (Lipinski definition) is 4. The molecule has 0 N–H and O–H groups in total. The fourth-order valence-corrected chi connectivity index (χ4v) is 3.89. The Bertz CT molecular complexity index is 1250. The van der Waals surface area contributed by atoms with Gasteiger partial charge in [-0.05, 0) is 61.4 Å². The topological polar surface area (TPSA) is 56.6 Å². The monoisotopic (exact) mass is 429 g/mol. The van der Waals surface area contributed by atoms with Crippen molar-refractivity contribution in [1.82, 2.24) is 14.5 Å². The van der Waals surface area contributed by atoms with Crippen molar-refractivity contribution in [2.75, 3.05) is 27.8 Å². The van der Waals surface area contributed by atoms with Crippen LogP contribution in [0.3, 0.4) is 0 Å². The van der Waals surface area contributed by atoms with Gasteiger partial charge in [0.25, 0.3) is 5.91 Å². The molecule has 1 aromatic heterocycles. The van der Waals surface area contributed by atoms with Crippen LogP contribution in [0.15, 0.2) is 66.7 Å². The number of fused-ring (bicyclic) bond motifs is 1. The van der Waals surface area contributed by atoms with Crippen LogP contribution < -0.4 is 9.47 Å². The fraction of sp³-hybridized carbons (Fsp3) is 0.231. The summed E-state index contributed by atoms with van der Waals surface area (Å²) in [5.74, 6) is 2.24. The lowest BCUT2D eigenvalue weighted by atomic mass is 10.1. The number of amides is 1. The number of benzene rings is 3. The maximum Gasteiger partial charge on any atom is 0.253 e. The molecule has 0 saturated carbocycles. The number of rotatable bonds is 7. The maximum absolute atomic E-state index is 13.0. The van der Waals surface area contributed by atoms with Crippen LogP contribution in [0.1, 0.15) is 21.7 Å². The number of likely N-dealkylation sites (N-methyl/N-ethyl adjacent to an activating group) is 1. The number of methoxy groups -OCH3 is 2. The van der Waals surface area contributed by atoms with Crippen LogP contribution >= 0.6 is 0 Å². The number of hydrogen-bond donors (Lipinski definition) is 0. The molecule has 1 amide bonds. The summed E-state index contributed by atoms with van der Waals surface area (Å²) >= 11 is 0. The number of nitrogens with zero attached hydrogens (tertiary/aromatic N) is 3. The van der Waals surface area contributed by atoms with E-state index in [0.717, 1.165) is 28.1 Å². The first-order valence-corrected chi connectivity index (χ1v) is 10.5. The molecule has 4 rings (SSSR count). The Labute approximate surface area is 188 Å². The highest BCUT2D eigenvalue weighted by molar-refractivity contribution is 5.97. The van der Waals surface area contributed by atoms with E-state index in [1.54, 1.807) is 19.1 Å². The Hall–Kier alpha value is -3.80. The van der Waals surface area contributed by atoms with Crippen LogP contribution in [0.2, 0.25) is 0 Å². The number of aromatic nitrogens is 2. The zero-order valence-corrected chi connectivity index (χ0v) is 18.8. The quantitative estimate of drug-likeness (QED) is 0.429. The minimum absolute atomic E-state index is 0.0284. The van der Waals surface area contributed by atoms with Crippen molar-refractivity contribution in [3.05, 3.63) is 83.7 Å². The smallest absolute Gasteiger partial charge is 0.253 e. The van der Waals surface area contributed by atoms with Gasteiger partial charge in [0.1, 0.15) is 5.82 Å². The van der Waals surface area contributed by atoms with Crippen LogP contribution in [0.4, 0.5) is 0 Å². The van der Waals surface area contributed by atoms with Gasteiger partial charge in [-0.25, -0.2) is 4.98 Å². The van der Waals surface area contributed by atoms with E-state index in [9.17, 15) is 4.79 Å². The zero-order valence-electron chi connectivity index (χ0n) is 18.8. The Morgan fingerprint density at radius 3 is 2.44 bits per heavy atom. The van der Waals surface area contributed by atoms with E-state index >= 15 is 0 Å². The summed E-state index contributed by atoms with van der Waals surface area (Å²) in [5.41, 5.74) is 4.56. The third-order valence-electron chi connectivity index (χ3n) is 5.61. The molecule has 0 radical (unpaired) electrons. The first-order chi connectivity index (χ1) is 15.5. The third kappa shape index (κ3) is 4.17. The lowest BCUT2D eigenvalue weighted by Crippen LogP contribution is -2.28. The molecule has 6 nitrogen and oxygen atoms in total. The molecule has 0 aliphatic rings. The molecule has 32 heavy (non-hydrogen) atoms. The Balaban J connectivity index is 1.51. The van der Waals surface area contributed by atoms with Crippen LogP contribution in [0.25, 0.3) is 16.7 Å². The van der Waals surface area contributed by atoms with E-state index in [-0.39, 0.29) is 5.91 Å². The van der Waals surface area contributed by atoms with Gasteiger partial charge in [-0.1, -0.05) is 24.3 Å². The minimum Gasteiger partial charge on any atom is -0.493 e. The highest BCUT2D eigenvalue weighted by Gasteiger charge is 2.16. The van der Waals surface area contributed by atoms with Crippen LogP contribution in [-0.4, -0.2) is 48.2 Å². The summed E-state index contributed by atoms with van der Waals surface area (Å²) in [5, 5.41) is 0. The molecule has 6 heteroatoms. The number of carbonyl (C=O) groups excluding carboxylic acids is 1. The number of carbonyl (C=O) groups is 1. The Morgan fingerprint density at radius 2 is 1.72 bits per heavy atom. The van der Waals surface area contributed by atoms with Gasteiger partial charge < -0.3 is 14.4 Å². The van der Waals surface area contributed by atoms with Crippen molar-refractivity contribution < 1.29 is 14.3 Å². The molecule has 0 aliphatic heterocycles. The molecule has 4 aromatic rings. The van der Waals surface area contributed by atoms with Gasteiger partial charge in [-0.3, -0.25) is 9.36 Å². The summed E-state index contributed by atoms with van der Waals surface area (Å²) in [6.45, 7) is 2.56. The van der Waals surface area contributed by atoms with E-state index in [1.807, 2.05) is 68.6 Å². The Kier molecular flexibility index (Phi) is 6.12. The zero-order chi connectivity index (χ0) is 22.7. The van der Waals surface area contributed by atoms with E-state index in [4.69, 9.17) is 9.47 Å². The molecule has 0 spiro atoms. The number of aryl methyl sites for hydroxylation is 1. The van der Waals surface area contributed by atoms with Crippen molar-refractivity contribution in [1.29, 1.82) is 0 Å². The number of imidazole rings is 1. The van der Waals surface area contributed by atoms with Crippen molar-refractivity contribution in [3.63, 3.8) is 0 Å². The molecule has 3 aromatic carbocycles. The summed E-state index contributed by atoms with van der Waals surface area (Å²) in [7, 11) is 5.06. The molecule has 164 valence electrons. The number of para-hydroxylation sites is 1. The summed E-state index contributed by atoms with van der Waals surface area (Å²) in [6.07, 6.45) is 0.715. The second-order valence-electron chi connectivity index (χ2n) is 7.70. The van der Waals surface area contributed by atoms with Crippen molar-refractivity contribution in [3.8, 4) is 17.2 Å². The second-order valence-corrected chi connectivity index (χ2v) is 7.70. The third-order valence-corrected chi connectivity index (χ3v) is 5.61. The molecule has 0 atom stereocenters. The first-order valence-electron chi connectivity index (χ1n) is 10.5. The fourth-order valence-electron chi connectivity index (χ4n) is 3.89. The summed E-state index contributed by atoms with van der Waals surface area (Å²) in [4.78, 5) is 19.5. The molecular formula is C26H27N3O3. The largest absolute Gasteiger partial charge is 0.493 e. The average Bonchev–Trinajstić information content (AvgIpc) is 3.17. The van der Waals surface area contributed by atoms with Crippen LogP contribution in [0, 0.1) is 6.92 Å². The molecule has 1 heterocycles. The average molecular weight is 430 g/mol. The van der Waals surface area contributed by atoms with Gasteiger partial charge in [0.2, 0.25) is 0 Å². The highest BCUT2D eigenvalue weighted by Crippen LogP contribution is 2.28. The van der Waals surface area contributed by atoms with Crippen molar-refractivity contribution in [2.24, 2.45) is 0 Å². The minimum atomic E-state index is -0.0284. The van der Waals surface area contributed by atoms with Gasteiger partial charge in [-0.2, -0.15) is 0 Å². The lowest BCUT2D eigenvalue weighted by Gasteiger charge is -2.18. The van der Waals surface area contributed by atoms with E-state index in [0.29, 0.717) is 30.0 Å². The summed E-state index contributed by atoms with van der Waals surface area (Å²) in [6, 6.07) is 21.6.